The molecule has 4 nitrogen and oxygen atoms in total. The van der Waals surface area contributed by atoms with E-state index in [-0.39, 0.29) is 18.3 Å². The van der Waals surface area contributed by atoms with Crippen LogP contribution in [0.15, 0.2) is 128 Å². The monoisotopic (exact) mass is 612 g/mol. The minimum absolute atomic E-state index is 0.123. The number of fused-ring (bicyclic) bond motifs is 10. The summed E-state index contributed by atoms with van der Waals surface area (Å²) < 4.78 is 34.4. The van der Waals surface area contributed by atoms with Gasteiger partial charge >= 0.3 is 0 Å². The molecular weight excluding hydrogens is 585 g/mol. The van der Waals surface area contributed by atoms with Crippen LogP contribution in [0.2, 0.25) is 0 Å². The molecule has 224 valence electrons. The highest BCUT2D eigenvalue weighted by atomic mass is 19.1. The van der Waals surface area contributed by atoms with Crippen molar-refractivity contribution in [1.29, 1.82) is 0 Å². The summed E-state index contributed by atoms with van der Waals surface area (Å²) in [5, 5.41) is 3.45. The van der Waals surface area contributed by atoms with Gasteiger partial charge in [-0.3, -0.25) is 0 Å². The van der Waals surface area contributed by atoms with E-state index >= 15 is 4.39 Å². The second-order valence-corrected chi connectivity index (χ2v) is 12.6. The summed E-state index contributed by atoms with van der Waals surface area (Å²) in [6.07, 6.45) is 2.08. The van der Waals surface area contributed by atoms with E-state index in [4.69, 9.17) is 0 Å². The second kappa shape index (κ2) is 9.36. The number of aryl methyl sites for hydroxylation is 2. The van der Waals surface area contributed by atoms with Crippen LogP contribution in [0.25, 0.3) is 32.7 Å². The Morgan fingerprint density at radius 3 is 1.85 bits per heavy atom. The first kappa shape index (κ1) is 26.4. The van der Waals surface area contributed by atoms with Gasteiger partial charge in [0.1, 0.15) is 11.6 Å². The van der Waals surface area contributed by atoms with Crippen LogP contribution in [-0.2, 0) is 14.1 Å². The van der Waals surface area contributed by atoms with E-state index in [9.17, 15) is 4.39 Å². The highest BCUT2D eigenvalue weighted by Gasteiger charge is 2.45. The van der Waals surface area contributed by atoms with E-state index in [2.05, 4.69) is 112 Å². The molecule has 2 aromatic heterocycles. The fourth-order valence-electron chi connectivity index (χ4n) is 8.30. The van der Waals surface area contributed by atoms with E-state index < -0.39 is 0 Å². The van der Waals surface area contributed by atoms with Crippen molar-refractivity contribution in [3.05, 3.63) is 139 Å². The maximum Gasteiger partial charge on any atom is 0.252 e. The van der Waals surface area contributed by atoms with Crippen molar-refractivity contribution in [3.8, 4) is 0 Å². The molecule has 47 heavy (non-hydrogen) atoms. The number of hydrogen-bond donors (Lipinski definition) is 0. The van der Waals surface area contributed by atoms with Crippen molar-refractivity contribution < 1.29 is 8.78 Å². The van der Waals surface area contributed by atoms with E-state index in [1.54, 1.807) is 24.3 Å². The van der Waals surface area contributed by atoms with Crippen LogP contribution in [0.4, 0.5) is 42.9 Å². The number of benzene rings is 6. The molecule has 0 bridgehead atoms. The summed E-state index contributed by atoms with van der Waals surface area (Å²) in [6, 6.07) is 39.5. The molecule has 0 saturated carbocycles. The van der Waals surface area contributed by atoms with Gasteiger partial charge in [0.2, 0.25) is 0 Å². The zero-order valence-corrected chi connectivity index (χ0v) is 25.7. The SMILES string of the molecule is Cn1ccc2ccc3c(c21)N(c1cccc(F)c1)c1cccc2c1B3c1ccc3c4ccccc4n(C)c3c1N2c1cccc(F)c1. The first-order valence-corrected chi connectivity index (χ1v) is 15.8. The molecule has 6 aromatic carbocycles. The summed E-state index contributed by atoms with van der Waals surface area (Å²) >= 11 is 0. The minimum Gasteiger partial charge on any atom is -0.349 e. The molecular formula is C40H27BF2N4. The van der Waals surface area contributed by atoms with Crippen LogP contribution in [-0.4, -0.2) is 15.8 Å². The smallest absolute Gasteiger partial charge is 0.252 e. The number of halogens is 2. The van der Waals surface area contributed by atoms with Gasteiger partial charge in [-0.05, 0) is 77.1 Å². The number of nitrogens with zero attached hydrogens (tertiary/aromatic N) is 4. The van der Waals surface area contributed by atoms with Crippen LogP contribution in [0.5, 0.6) is 0 Å². The van der Waals surface area contributed by atoms with Gasteiger partial charge in [0.05, 0.1) is 22.4 Å². The molecule has 7 heteroatoms. The molecule has 0 spiro atoms. The Bertz CT molecular complexity index is 2620. The zero-order valence-electron chi connectivity index (χ0n) is 25.7. The van der Waals surface area contributed by atoms with Crippen molar-refractivity contribution in [2.75, 3.05) is 9.80 Å². The third-order valence-corrected chi connectivity index (χ3v) is 10.2. The summed E-state index contributed by atoms with van der Waals surface area (Å²) in [6.45, 7) is -0.123. The van der Waals surface area contributed by atoms with Gasteiger partial charge in [0.25, 0.3) is 6.71 Å². The van der Waals surface area contributed by atoms with Gasteiger partial charge in [-0.15, -0.1) is 0 Å². The number of aromatic nitrogens is 2. The predicted octanol–water partition coefficient (Wildman–Crippen LogP) is 8.18. The normalized spacial score (nSPS) is 13.4. The third-order valence-electron chi connectivity index (χ3n) is 10.2. The van der Waals surface area contributed by atoms with Gasteiger partial charge in [-0.1, -0.05) is 60.7 Å². The fourth-order valence-corrected chi connectivity index (χ4v) is 8.30. The van der Waals surface area contributed by atoms with Crippen molar-refractivity contribution in [2.24, 2.45) is 14.1 Å². The standard InChI is InChI=1S/C40H27BF2N4/c1-44-21-20-24-16-18-31-39(37(24)44)46(27-10-5-8-25(42)22-27)34-14-7-15-35-36(34)41(31)32-19-17-30-29-12-3-4-13-33(29)45(2)38(30)40(32)47(35)28-11-6-9-26(43)23-28/h3-23H,1-2H3. The molecule has 0 saturated heterocycles. The molecule has 4 heterocycles. The quantitative estimate of drug-likeness (QED) is 0.183. The van der Waals surface area contributed by atoms with Crippen molar-refractivity contribution >= 4 is 89.9 Å². The maximum atomic E-state index is 15.1. The first-order valence-electron chi connectivity index (χ1n) is 15.8. The molecule has 0 atom stereocenters. The highest BCUT2D eigenvalue weighted by molar-refractivity contribution is 7.00. The molecule has 0 fully saturated rings. The molecule has 0 aliphatic carbocycles. The molecule has 8 aromatic rings. The average molecular weight is 612 g/mol. The van der Waals surface area contributed by atoms with Gasteiger partial charge in [-0.25, -0.2) is 8.78 Å². The molecule has 2 aliphatic heterocycles. The minimum atomic E-state index is -0.293. The Kier molecular flexibility index (Phi) is 5.26. The average Bonchev–Trinajstić information content (AvgIpc) is 3.61. The van der Waals surface area contributed by atoms with E-state index in [1.165, 1.54) is 17.5 Å². The lowest BCUT2D eigenvalue weighted by molar-refractivity contribution is 0.627. The predicted molar refractivity (Wildman–Crippen MR) is 191 cm³/mol. The van der Waals surface area contributed by atoms with Gasteiger partial charge in [-0.2, -0.15) is 0 Å². The third kappa shape index (κ3) is 3.46. The lowest BCUT2D eigenvalue weighted by Crippen LogP contribution is -2.61. The lowest BCUT2D eigenvalue weighted by Gasteiger charge is -2.44. The molecule has 0 N–H and O–H groups in total. The fraction of sp³-hybridized carbons (Fsp3) is 0.0500. The Morgan fingerprint density at radius 1 is 0.553 bits per heavy atom. The van der Waals surface area contributed by atoms with Crippen LogP contribution in [0.3, 0.4) is 0 Å². The summed E-state index contributed by atoms with van der Waals surface area (Å²) in [5.74, 6) is -0.585. The Balaban J connectivity index is 1.39. The van der Waals surface area contributed by atoms with E-state index in [0.717, 1.165) is 77.8 Å². The summed E-state index contributed by atoms with van der Waals surface area (Å²) in [4.78, 5) is 4.44. The van der Waals surface area contributed by atoms with Crippen LogP contribution >= 0.6 is 0 Å². The van der Waals surface area contributed by atoms with Crippen LogP contribution in [0, 0.1) is 11.6 Å². The van der Waals surface area contributed by atoms with Gasteiger partial charge in [0, 0.05) is 64.7 Å². The molecule has 0 radical (unpaired) electrons. The molecule has 0 amide bonds. The van der Waals surface area contributed by atoms with E-state index in [0.29, 0.717) is 0 Å². The lowest BCUT2D eigenvalue weighted by atomic mass is 9.33. The number of rotatable bonds is 2. The topological polar surface area (TPSA) is 16.3 Å². The van der Waals surface area contributed by atoms with Crippen molar-refractivity contribution in [3.63, 3.8) is 0 Å². The van der Waals surface area contributed by atoms with Gasteiger partial charge < -0.3 is 18.9 Å². The van der Waals surface area contributed by atoms with Gasteiger partial charge in [0.15, 0.2) is 0 Å². The van der Waals surface area contributed by atoms with Crippen molar-refractivity contribution in [2.45, 2.75) is 0 Å². The van der Waals surface area contributed by atoms with E-state index in [1.807, 2.05) is 12.1 Å². The molecule has 10 rings (SSSR count). The molecule has 0 unspecified atom stereocenters. The summed E-state index contributed by atoms with van der Waals surface area (Å²) in [5.41, 5.74) is 12.2. The Morgan fingerprint density at radius 2 is 1.17 bits per heavy atom. The highest BCUT2D eigenvalue weighted by Crippen LogP contribution is 2.48. The maximum absolute atomic E-state index is 15.1. The first-order chi connectivity index (χ1) is 23.0. The number of anilines is 6. The Labute approximate surface area is 270 Å². The second-order valence-electron chi connectivity index (χ2n) is 12.6. The van der Waals surface area contributed by atoms with Crippen LogP contribution in [0.1, 0.15) is 0 Å². The number of hydrogen-bond acceptors (Lipinski definition) is 2. The zero-order chi connectivity index (χ0) is 31.6. The largest absolute Gasteiger partial charge is 0.349 e. The number of para-hydroxylation sites is 1. The Hall–Kier alpha value is -5.82. The summed E-state index contributed by atoms with van der Waals surface area (Å²) in [7, 11) is 4.19. The molecule has 2 aliphatic rings. The van der Waals surface area contributed by atoms with Crippen molar-refractivity contribution in [1.82, 2.24) is 9.13 Å². The van der Waals surface area contributed by atoms with Crippen LogP contribution < -0.4 is 26.2 Å².